The van der Waals surface area contributed by atoms with Crippen LogP contribution in [0.4, 0.5) is 11.4 Å². The van der Waals surface area contributed by atoms with Crippen molar-refractivity contribution in [3.63, 3.8) is 0 Å². The minimum atomic E-state index is 1.06. The summed E-state index contributed by atoms with van der Waals surface area (Å²) in [5.74, 6) is 0. The van der Waals surface area contributed by atoms with E-state index >= 15 is 0 Å². The van der Waals surface area contributed by atoms with Crippen LogP contribution in [0.5, 0.6) is 0 Å². The van der Waals surface area contributed by atoms with E-state index < -0.39 is 0 Å². The van der Waals surface area contributed by atoms with Gasteiger partial charge in [0.2, 0.25) is 0 Å². The van der Waals surface area contributed by atoms with Crippen molar-refractivity contribution in [3.8, 4) is 0 Å². The van der Waals surface area contributed by atoms with Crippen molar-refractivity contribution < 1.29 is 0 Å². The molecule has 1 aromatic heterocycles. The molecule has 0 aliphatic rings. The van der Waals surface area contributed by atoms with Crippen molar-refractivity contribution in [1.29, 1.82) is 0 Å². The van der Waals surface area contributed by atoms with Crippen molar-refractivity contribution in [2.24, 2.45) is 7.05 Å². The van der Waals surface area contributed by atoms with Gasteiger partial charge in [-0.3, -0.25) is 4.68 Å². The third kappa shape index (κ3) is 1.69. The van der Waals surface area contributed by atoms with Crippen LogP contribution in [0.2, 0.25) is 0 Å². The summed E-state index contributed by atoms with van der Waals surface area (Å²) in [5.41, 5.74) is 4.62. The number of anilines is 2. The summed E-state index contributed by atoms with van der Waals surface area (Å²) in [4.78, 5) is 2.18. The second-order valence-corrected chi connectivity index (χ2v) is 4.04. The third-order valence-corrected chi connectivity index (χ3v) is 2.95. The number of aromatic nitrogens is 2. The lowest BCUT2D eigenvalue weighted by molar-refractivity contribution is 0.731. The summed E-state index contributed by atoms with van der Waals surface area (Å²) in [6, 6.07) is 10.3. The molecule has 0 unspecified atom stereocenters. The highest BCUT2D eigenvalue weighted by molar-refractivity contribution is 5.66. The summed E-state index contributed by atoms with van der Waals surface area (Å²) >= 11 is 0. The van der Waals surface area contributed by atoms with Crippen LogP contribution in [0.25, 0.3) is 0 Å². The van der Waals surface area contributed by atoms with Crippen LogP contribution < -0.4 is 4.90 Å². The first-order chi connectivity index (χ1) is 7.61. The highest BCUT2D eigenvalue weighted by Gasteiger charge is 2.14. The Morgan fingerprint density at radius 3 is 2.25 bits per heavy atom. The van der Waals surface area contributed by atoms with Crippen molar-refractivity contribution in [2.75, 3.05) is 11.9 Å². The van der Waals surface area contributed by atoms with E-state index in [1.165, 1.54) is 17.1 Å². The first kappa shape index (κ1) is 10.7. The standard InChI is InChI=1S/C13H17N3/c1-10-13(11(2)16(4)14-10)15(3)12-8-6-5-7-9-12/h5-9H,1-4H3. The SMILES string of the molecule is Cc1nn(C)c(C)c1N(C)c1ccccc1. The summed E-state index contributed by atoms with van der Waals surface area (Å²) in [6.45, 7) is 4.14. The van der Waals surface area contributed by atoms with Crippen LogP contribution in [-0.2, 0) is 7.05 Å². The Balaban J connectivity index is 2.45. The highest BCUT2D eigenvalue weighted by Crippen LogP contribution is 2.28. The van der Waals surface area contributed by atoms with Crippen molar-refractivity contribution in [3.05, 3.63) is 41.7 Å². The molecule has 0 aliphatic heterocycles. The molecule has 16 heavy (non-hydrogen) atoms. The molecule has 0 fully saturated rings. The van der Waals surface area contributed by atoms with E-state index in [0.717, 1.165) is 5.69 Å². The fourth-order valence-electron chi connectivity index (χ4n) is 2.03. The first-order valence-electron chi connectivity index (χ1n) is 5.40. The van der Waals surface area contributed by atoms with Crippen LogP contribution in [0.1, 0.15) is 11.4 Å². The molecule has 3 nitrogen and oxygen atoms in total. The lowest BCUT2D eigenvalue weighted by atomic mass is 10.2. The van der Waals surface area contributed by atoms with E-state index in [4.69, 9.17) is 0 Å². The quantitative estimate of drug-likeness (QED) is 0.768. The summed E-state index contributed by atoms with van der Waals surface area (Å²) in [7, 11) is 4.05. The second-order valence-electron chi connectivity index (χ2n) is 4.04. The molecule has 0 amide bonds. The summed E-state index contributed by atoms with van der Waals surface area (Å²) in [6.07, 6.45) is 0. The minimum absolute atomic E-state index is 1.06. The number of nitrogens with zero attached hydrogens (tertiary/aromatic N) is 3. The van der Waals surface area contributed by atoms with Crippen LogP contribution in [0.15, 0.2) is 30.3 Å². The number of rotatable bonds is 2. The van der Waals surface area contributed by atoms with Gasteiger partial charge in [-0.25, -0.2) is 0 Å². The molecule has 1 aromatic carbocycles. The Labute approximate surface area is 96.3 Å². The number of hydrogen-bond donors (Lipinski definition) is 0. The number of para-hydroxylation sites is 1. The van der Waals surface area contributed by atoms with E-state index in [1.807, 2.05) is 36.9 Å². The van der Waals surface area contributed by atoms with Gasteiger partial charge in [-0.15, -0.1) is 0 Å². The second kappa shape index (κ2) is 4.00. The Bertz CT molecular complexity index is 485. The van der Waals surface area contributed by atoms with Crippen LogP contribution in [0.3, 0.4) is 0 Å². The molecule has 3 heteroatoms. The van der Waals surface area contributed by atoms with Gasteiger partial charge in [-0.2, -0.15) is 5.10 Å². The minimum Gasteiger partial charge on any atom is -0.342 e. The van der Waals surface area contributed by atoms with E-state index in [0.29, 0.717) is 0 Å². The number of aryl methyl sites for hydroxylation is 2. The third-order valence-electron chi connectivity index (χ3n) is 2.95. The van der Waals surface area contributed by atoms with Gasteiger partial charge < -0.3 is 4.90 Å². The fourth-order valence-corrected chi connectivity index (χ4v) is 2.03. The predicted molar refractivity (Wildman–Crippen MR) is 67.2 cm³/mol. The van der Waals surface area contributed by atoms with E-state index in [2.05, 4.69) is 36.1 Å². The molecule has 0 radical (unpaired) electrons. The lowest BCUT2D eigenvalue weighted by Gasteiger charge is -2.19. The number of benzene rings is 1. The van der Waals surface area contributed by atoms with Gasteiger partial charge in [0.25, 0.3) is 0 Å². The molecule has 2 aromatic rings. The summed E-state index contributed by atoms with van der Waals surface area (Å²) < 4.78 is 1.92. The topological polar surface area (TPSA) is 21.1 Å². The fraction of sp³-hybridized carbons (Fsp3) is 0.308. The lowest BCUT2D eigenvalue weighted by Crippen LogP contribution is -2.11. The van der Waals surface area contributed by atoms with Gasteiger partial charge in [0.05, 0.1) is 17.1 Å². The molecule has 2 rings (SSSR count). The molecular weight excluding hydrogens is 198 g/mol. The van der Waals surface area contributed by atoms with Crippen LogP contribution in [-0.4, -0.2) is 16.8 Å². The van der Waals surface area contributed by atoms with Gasteiger partial charge in [0.15, 0.2) is 0 Å². The molecule has 0 saturated carbocycles. The molecule has 0 aliphatic carbocycles. The smallest absolute Gasteiger partial charge is 0.0853 e. The average molecular weight is 215 g/mol. The Morgan fingerprint density at radius 2 is 1.75 bits per heavy atom. The summed E-state index contributed by atoms with van der Waals surface area (Å²) in [5, 5.41) is 4.43. The highest BCUT2D eigenvalue weighted by atomic mass is 15.3. The van der Waals surface area contributed by atoms with Gasteiger partial charge in [-0.1, -0.05) is 18.2 Å². The van der Waals surface area contributed by atoms with Crippen LogP contribution >= 0.6 is 0 Å². The average Bonchev–Trinajstić information content (AvgIpc) is 2.54. The van der Waals surface area contributed by atoms with Gasteiger partial charge in [-0.05, 0) is 26.0 Å². The predicted octanol–water partition coefficient (Wildman–Crippen LogP) is 2.80. The van der Waals surface area contributed by atoms with Gasteiger partial charge in [0, 0.05) is 19.8 Å². The number of hydrogen-bond acceptors (Lipinski definition) is 2. The van der Waals surface area contributed by atoms with E-state index in [-0.39, 0.29) is 0 Å². The molecule has 84 valence electrons. The first-order valence-corrected chi connectivity index (χ1v) is 5.40. The van der Waals surface area contributed by atoms with Crippen molar-refractivity contribution >= 4 is 11.4 Å². The molecule has 0 spiro atoms. The van der Waals surface area contributed by atoms with E-state index in [1.54, 1.807) is 0 Å². The van der Waals surface area contributed by atoms with Crippen LogP contribution in [0, 0.1) is 13.8 Å². The molecule has 0 atom stereocenters. The zero-order valence-electron chi connectivity index (χ0n) is 10.2. The Hall–Kier alpha value is -1.77. The van der Waals surface area contributed by atoms with Crippen molar-refractivity contribution in [2.45, 2.75) is 13.8 Å². The molecule has 1 heterocycles. The zero-order chi connectivity index (χ0) is 11.7. The van der Waals surface area contributed by atoms with Gasteiger partial charge >= 0.3 is 0 Å². The normalized spacial score (nSPS) is 10.5. The maximum Gasteiger partial charge on any atom is 0.0853 e. The molecule has 0 N–H and O–H groups in total. The Morgan fingerprint density at radius 1 is 1.12 bits per heavy atom. The largest absolute Gasteiger partial charge is 0.342 e. The zero-order valence-corrected chi connectivity index (χ0v) is 10.2. The maximum absolute atomic E-state index is 4.43. The van der Waals surface area contributed by atoms with Crippen molar-refractivity contribution in [1.82, 2.24) is 9.78 Å². The molecule has 0 saturated heterocycles. The van der Waals surface area contributed by atoms with Gasteiger partial charge in [0.1, 0.15) is 0 Å². The molecular formula is C13H17N3. The van der Waals surface area contributed by atoms with E-state index in [9.17, 15) is 0 Å². The molecule has 0 bridgehead atoms. The monoisotopic (exact) mass is 215 g/mol. The Kier molecular flexibility index (Phi) is 2.69. The maximum atomic E-state index is 4.43.